The number of carbonyl (C=O) groups excluding carboxylic acids is 3. The van der Waals surface area contributed by atoms with Crippen LogP contribution in [0.3, 0.4) is 0 Å². The van der Waals surface area contributed by atoms with E-state index in [1.807, 2.05) is 17.0 Å². The quantitative estimate of drug-likeness (QED) is 0.529. The van der Waals surface area contributed by atoms with Crippen LogP contribution >= 0.6 is 11.6 Å². The van der Waals surface area contributed by atoms with Crippen molar-refractivity contribution in [3.8, 4) is 0 Å². The maximum Gasteiger partial charge on any atom is 0.293 e. The van der Waals surface area contributed by atoms with Crippen molar-refractivity contribution in [2.45, 2.75) is 69.5 Å². The molecule has 1 aromatic heterocycles. The van der Waals surface area contributed by atoms with Gasteiger partial charge in [-0.25, -0.2) is 0 Å². The molecule has 0 bridgehead atoms. The Morgan fingerprint density at radius 3 is 2.53 bits per heavy atom. The fourth-order valence-corrected chi connectivity index (χ4v) is 5.41. The highest BCUT2D eigenvalue weighted by Crippen LogP contribution is 2.29. The molecule has 1 aliphatic carbocycles. The van der Waals surface area contributed by atoms with Gasteiger partial charge in [0.15, 0.2) is 0 Å². The number of nitrogens with two attached hydrogens (primary N) is 1. The topological polar surface area (TPSA) is 122 Å². The van der Waals surface area contributed by atoms with Gasteiger partial charge >= 0.3 is 0 Å². The van der Waals surface area contributed by atoms with Gasteiger partial charge in [0.05, 0.1) is 12.2 Å². The summed E-state index contributed by atoms with van der Waals surface area (Å²) in [5.41, 5.74) is 6.44. The van der Waals surface area contributed by atoms with Crippen LogP contribution in [0.15, 0.2) is 41.1 Å². The largest absolute Gasteiger partial charge is 0.351 e. The van der Waals surface area contributed by atoms with Crippen LogP contribution in [-0.2, 0) is 16.0 Å². The Morgan fingerprint density at radius 1 is 1.11 bits per heavy atom. The SMILES string of the molecule is NCCC(=O)NC(Cc1ccc(Cl)cc1)C(=O)N1CCC(N(C(=O)c2ccno2)C2CCCCC2)C1. The summed E-state index contributed by atoms with van der Waals surface area (Å²) in [7, 11) is 0. The molecule has 0 radical (unpaired) electrons. The number of carbonyl (C=O) groups is 3. The molecule has 3 amide bonds. The summed E-state index contributed by atoms with van der Waals surface area (Å²) in [6, 6.07) is 8.10. The van der Waals surface area contributed by atoms with Crippen molar-refractivity contribution in [1.82, 2.24) is 20.3 Å². The molecule has 1 aromatic carbocycles. The molecule has 1 aliphatic heterocycles. The van der Waals surface area contributed by atoms with E-state index in [1.54, 1.807) is 23.1 Å². The number of hydrogen-bond donors (Lipinski definition) is 2. The van der Waals surface area contributed by atoms with Gasteiger partial charge in [-0.2, -0.15) is 0 Å². The zero-order valence-electron chi connectivity index (χ0n) is 20.4. The van der Waals surface area contributed by atoms with E-state index in [2.05, 4.69) is 10.5 Å². The zero-order chi connectivity index (χ0) is 25.5. The second-order valence-electron chi connectivity index (χ2n) is 9.60. The molecule has 1 saturated carbocycles. The van der Waals surface area contributed by atoms with Crippen molar-refractivity contribution in [3.63, 3.8) is 0 Å². The number of benzene rings is 1. The summed E-state index contributed by atoms with van der Waals surface area (Å²) >= 11 is 6.01. The van der Waals surface area contributed by atoms with E-state index in [1.165, 1.54) is 12.6 Å². The molecule has 1 saturated heterocycles. The Morgan fingerprint density at radius 2 is 1.86 bits per heavy atom. The van der Waals surface area contributed by atoms with Crippen LogP contribution in [0, 0.1) is 0 Å². The van der Waals surface area contributed by atoms with Crippen molar-refractivity contribution < 1.29 is 18.9 Å². The number of rotatable bonds is 9. The van der Waals surface area contributed by atoms with Crippen molar-refractivity contribution in [2.75, 3.05) is 19.6 Å². The molecule has 2 heterocycles. The Labute approximate surface area is 216 Å². The minimum Gasteiger partial charge on any atom is -0.351 e. The lowest BCUT2D eigenvalue weighted by atomic mass is 9.92. The van der Waals surface area contributed by atoms with Gasteiger partial charge in [-0.1, -0.05) is 48.2 Å². The zero-order valence-corrected chi connectivity index (χ0v) is 21.2. The van der Waals surface area contributed by atoms with Crippen LogP contribution in [0.2, 0.25) is 5.02 Å². The first-order chi connectivity index (χ1) is 17.5. The van der Waals surface area contributed by atoms with E-state index in [0.717, 1.165) is 31.2 Å². The third kappa shape index (κ3) is 6.44. The van der Waals surface area contributed by atoms with Crippen LogP contribution in [0.25, 0.3) is 0 Å². The normalized spacial score (nSPS) is 19.2. The molecule has 36 heavy (non-hydrogen) atoms. The van der Waals surface area contributed by atoms with E-state index in [9.17, 15) is 14.4 Å². The molecular formula is C26H34ClN5O4. The molecule has 2 unspecified atom stereocenters. The smallest absolute Gasteiger partial charge is 0.293 e. The average molecular weight is 516 g/mol. The summed E-state index contributed by atoms with van der Waals surface area (Å²) in [6.45, 7) is 1.14. The van der Waals surface area contributed by atoms with E-state index in [0.29, 0.717) is 31.0 Å². The number of hydrogen-bond acceptors (Lipinski definition) is 6. The number of aromatic nitrogens is 1. The van der Waals surface area contributed by atoms with Crippen LogP contribution in [-0.4, -0.2) is 70.4 Å². The number of nitrogens with one attached hydrogen (secondary N) is 1. The van der Waals surface area contributed by atoms with Crippen molar-refractivity contribution in [1.29, 1.82) is 0 Å². The van der Waals surface area contributed by atoms with Gasteiger partial charge in [-0.3, -0.25) is 14.4 Å². The minimum atomic E-state index is -0.725. The first-order valence-electron chi connectivity index (χ1n) is 12.7. The highest BCUT2D eigenvalue weighted by Gasteiger charge is 2.40. The summed E-state index contributed by atoms with van der Waals surface area (Å²) < 4.78 is 5.19. The van der Waals surface area contributed by atoms with Crippen LogP contribution in [0.1, 0.15) is 61.1 Å². The fraction of sp³-hybridized carbons (Fsp3) is 0.538. The van der Waals surface area contributed by atoms with Gasteiger partial charge in [0, 0.05) is 49.6 Å². The second-order valence-corrected chi connectivity index (χ2v) is 10.0. The van der Waals surface area contributed by atoms with Gasteiger partial charge in [-0.05, 0) is 37.0 Å². The van der Waals surface area contributed by atoms with Crippen LogP contribution < -0.4 is 11.1 Å². The Balaban J connectivity index is 1.49. The number of halogens is 1. The standard InChI is InChI=1S/C26H34ClN5O4/c27-19-8-6-18(7-9-19)16-22(30-24(33)10-13-28)25(34)31-15-12-21(17-31)32(20-4-2-1-3-5-20)26(35)23-11-14-29-36-23/h6-9,11,14,20-22H,1-5,10,12-13,15-17,28H2,(H,30,33). The first kappa shape index (κ1) is 26.2. The summed E-state index contributed by atoms with van der Waals surface area (Å²) in [5.74, 6) is -0.369. The molecule has 4 rings (SSSR count). The van der Waals surface area contributed by atoms with Gasteiger partial charge in [0.1, 0.15) is 6.04 Å². The molecular weight excluding hydrogens is 482 g/mol. The first-order valence-corrected chi connectivity index (χ1v) is 13.1. The lowest BCUT2D eigenvalue weighted by Crippen LogP contribution is -2.52. The highest BCUT2D eigenvalue weighted by molar-refractivity contribution is 6.30. The molecule has 3 N–H and O–H groups in total. The summed E-state index contributed by atoms with van der Waals surface area (Å²) in [6.07, 6.45) is 7.86. The van der Waals surface area contributed by atoms with E-state index >= 15 is 0 Å². The molecule has 2 aromatic rings. The maximum atomic E-state index is 13.6. The Kier molecular flexibility index (Phi) is 8.98. The van der Waals surface area contributed by atoms with Crippen LogP contribution in [0.4, 0.5) is 0 Å². The van der Waals surface area contributed by atoms with Crippen molar-refractivity contribution >= 4 is 29.3 Å². The number of nitrogens with zero attached hydrogens (tertiary/aromatic N) is 3. The fourth-order valence-electron chi connectivity index (χ4n) is 5.29. The minimum absolute atomic E-state index is 0.116. The highest BCUT2D eigenvalue weighted by atomic mass is 35.5. The van der Waals surface area contributed by atoms with Crippen molar-refractivity contribution in [3.05, 3.63) is 52.9 Å². The summed E-state index contributed by atoms with van der Waals surface area (Å²) in [4.78, 5) is 43.1. The van der Waals surface area contributed by atoms with Gasteiger partial charge in [0.2, 0.25) is 17.6 Å². The van der Waals surface area contributed by atoms with E-state index in [-0.39, 0.29) is 48.5 Å². The predicted octanol–water partition coefficient (Wildman–Crippen LogP) is 2.78. The van der Waals surface area contributed by atoms with E-state index < -0.39 is 6.04 Å². The predicted molar refractivity (Wildman–Crippen MR) is 135 cm³/mol. The monoisotopic (exact) mass is 515 g/mol. The number of amides is 3. The molecule has 2 atom stereocenters. The van der Waals surface area contributed by atoms with Crippen LogP contribution in [0.5, 0.6) is 0 Å². The van der Waals surface area contributed by atoms with E-state index in [4.69, 9.17) is 21.9 Å². The second kappa shape index (κ2) is 12.4. The van der Waals surface area contributed by atoms with Gasteiger partial charge < -0.3 is 25.4 Å². The van der Waals surface area contributed by atoms with Crippen molar-refractivity contribution in [2.24, 2.45) is 5.73 Å². The Bertz CT molecular complexity index is 1020. The molecule has 0 spiro atoms. The molecule has 10 heteroatoms. The molecule has 2 aliphatic rings. The third-order valence-electron chi connectivity index (χ3n) is 7.08. The lowest BCUT2D eigenvalue weighted by Gasteiger charge is -2.38. The number of likely N-dealkylation sites (tertiary alicyclic amines) is 1. The van der Waals surface area contributed by atoms with Gasteiger partial charge in [-0.15, -0.1) is 0 Å². The maximum absolute atomic E-state index is 13.6. The summed E-state index contributed by atoms with van der Waals surface area (Å²) in [5, 5.41) is 7.18. The van der Waals surface area contributed by atoms with Gasteiger partial charge in [0.25, 0.3) is 5.91 Å². The lowest BCUT2D eigenvalue weighted by molar-refractivity contribution is -0.135. The molecule has 9 nitrogen and oxygen atoms in total. The third-order valence-corrected chi connectivity index (χ3v) is 7.33. The Hall–Kier alpha value is -2.91. The molecule has 194 valence electrons. The molecule has 2 fully saturated rings. The average Bonchev–Trinajstić information content (AvgIpc) is 3.59.